The SMILES string of the molecule is Cc1ccc(NC(=O)C[C@@H](C)C(=O)NCC(=O)N[C@@H](Cc2ccc(-c3ccccc3)cc2)C(=O)NCC(=O)NCC(=O)N[C@@H](CCCCN)C(=O)O)cc1. The van der Waals surface area contributed by atoms with Crippen LogP contribution in [0.2, 0.25) is 0 Å². The quantitative estimate of drug-likeness (QED) is 0.0735. The summed E-state index contributed by atoms with van der Waals surface area (Å²) in [6.07, 6.45) is 1.20. The summed E-state index contributed by atoms with van der Waals surface area (Å²) in [6.45, 7) is 2.34. The van der Waals surface area contributed by atoms with Crippen LogP contribution in [0, 0.1) is 12.8 Å². The van der Waals surface area contributed by atoms with Crippen molar-refractivity contribution in [1.29, 1.82) is 0 Å². The molecule has 0 spiro atoms. The summed E-state index contributed by atoms with van der Waals surface area (Å²) >= 11 is 0. The van der Waals surface area contributed by atoms with Crippen molar-refractivity contribution in [2.24, 2.45) is 11.7 Å². The molecule has 3 aromatic carbocycles. The van der Waals surface area contributed by atoms with E-state index in [2.05, 4.69) is 31.9 Å². The molecule has 0 aliphatic carbocycles. The molecule has 0 radical (unpaired) electrons. The molecule has 0 saturated heterocycles. The molecule has 6 amide bonds. The molecule has 0 unspecified atom stereocenters. The molecule has 3 atom stereocenters. The smallest absolute Gasteiger partial charge is 0.326 e. The molecule has 3 rings (SSSR count). The minimum Gasteiger partial charge on any atom is -0.480 e. The van der Waals surface area contributed by atoms with Crippen molar-refractivity contribution >= 4 is 47.1 Å². The van der Waals surface area contributed by atoms with Crippen LogP contribution in [-0.2, 0) is 40.0 Å². The molecule has 0 aromatic heterocycles. The Kier molecular flexibility index (Phi) is 17.3. The van der Waals surface area contributed by atoms with Crippen molar-refractivity contribution in [3.05, 3.63) is 90.0 Å². The van der Waals surface area contributed by atoms with Crippen LogP contribution in [-0.4, -0.2) is 84.8 Å². The van der Waals surface area contributed by atoms with Crippen molar-refractivity contribution in [2.45, 2.75) is 58.0 Å². The topological polar surface area (TPSA) is 238 Å². The second-order valence-corrected chi connectivity index (χ2v) is 12.9. The Balaban J connectivity index is 1.56. The van der Waals surface area contributed by atoms with Gasteiger partial charge in [0.1, 0.15) is 12.1 Å². The van der Waals surface area contributed by atoms with Crippen LogP contribution in [0.1, 0.15) is 43.7 Å². The van der Waals surface area contributed by atoms with Crippen LogP contribution in [0.4, 0.5) is 5.69 Å². The highest BCUT2D eigenvalue weighted by Gasteiger charge is 2.24. The average molecular weight is 744 g/mol. The van der Waals surface area contributed by atoms with Crippen LogP contribution in [0.3, 0.4) is 0 Å². The van der Waals surface area contributed by atoms with Gasteiger partial charge in [0.15, 0.2) is 0 Å². The van der Waals surface area contributed by atoms with Gasteiger partial charge in [0, 0.05) is 24.4 Å². The minimum atomic E-state index is -1.21. The predicted octanol–water partition coefficient (Wildman–Crippen LogP) is 1.40. The van der Waals surface area contributed by atoms with Gasteiger partial charge in [-0.2, -0.15) is 0 Å². The molecule has 3 aromatic rings. The number of rotatable bonds is 21. The number of nitrogens with two attached hydrogens (primary N) is 1. The molecule has 0 aliphatic heterocycles. The molecule has 9 N–H and O–H groups in total. The second kappa shape index (κ2) is 22.1. The summed E-state index contributed by atoms with van der Waals surface area (Å²) < 4.78 is 0. The number of carboxylic acid groups (broad SMARTS) is 1. The van der Waals surface area contributed by atoms with Gasteiger partial charge in [-0.1, -0.05) is 79.2 Å². The van der Waals surface area contributed by atoms with E-state index in [1.165, 1.54) is 0 Å². The first kappa shape index (κ1) is 42.3. The first-order valence-corrected chi connectivity index (χ1v) is 17.7. The van der Waals surface area contributed by atoms with Gasteiger partial charge in [-0.15, -0.1) is 0 Å². The van der Waals surface area contributed by atoms with Gasteiger partial charge in [-0.05, 0) is 61.6 Å². The summed E-state index contributed by atoms with van der Waals surface area (Å²) in [5, 5.41) is 24.3. The van der Waals surface area contributed by atoms with E-state index in [0.717, 1.165) is 16.7 Å². The van der Waals surface area contributed by atoms with E-state index >= 15 is 0 Å². The summed E-state index contributed by atoms with van der Waals surface area (Å²) in [6, 6.07) is 21.9. The van der Waals surface area contributed by atoms with Gasteiger partial charge in [-0.25, -0.2) is 4.79 Å². The number of anilines is 1. The number of carbonyl (C=O) groups excluding carboxylic acids is 6. The number of carbonyl (C=O) groups is 7. The average Bonchev–Trinajstić information content (AvgIpc) is 3.16. The Bertz CT molecular complexity index is 1730. The Morgan fingerprint density at radius 1 is 0.648 bits per heavy atom. The maximum atomic E-state index is 13.3. The largest absolute Gasteiger partial charge is 0.480 e. The van der Waals surface area contributed by atoms with Crippen LogP contribution in [0.15, 0.2) is 78.9 Å². The number of benzene rings is 3. The lowest BCUT2D eigenvalue weighted by Crippen LogP contribution is -2.52. The van der Waals surface area contributed by atoms with E-state index in [0.29, 0.717) is 30.6 Å². The first-order valence-electron chi connectivity index (χ1n) is 17.7. The molecule has 0 bridgehead atoms. The third kappa shape index (κ3) is 15.3. The zero-order chi connectivity index (χ0) is 39.5. The number of hydrogen-bond donors (Lipinski definition) is 8. The summed E-state index contributed by atoms with van der Waals surface area (Å²) in [5.74, 6) is -5.69. The van der Waals surface area contributed by atoms with Crippen molar-refractivity contribution in [3.63, 3.8) is 0 Å². The maximum Gasteiger partial charge on any atom is 0.326 e. The van der Waals surface area contributed by atoms with Crippen LogP contribution in [0.25, 0.3) is 11.1 Å². The number of amides is 6. The van der Waals surface area contributed by atoms with Gasteiger partial charge in [-0.3, -0.25) is 28.8 Å². The molecule has 0 saturated carbocycles. The first-order chi connectivity index (χ1) is 25.8. The van der Waals surface area contributed by atoms with Gasteiger partial charge in [0.2, 0.25) is 35.4 Å². The highest BCUT2D eigenvalue weighted by molar-refractivity contribution is 5.96. The minimum absolute atomic E-state index is 0.0426. The Hall–Kier alpha value is -6.09. The number of unbranched alkanes of at least 4 members (excludes halogenated alkanes) is 1. The Labute approximate surface area is 314 Å². The van der Waals surface area contributed by atoms with Gasteiger partial charge < -0.3 is 42.7 Å². The molecule has 54 heavy (non-hydrogen) atoms. The number of hydrogen-bond acceptors (Lipinski definition) is 8. The predicted molar refractivity (Wildman–Crippen MR) is 203 cm³/mol. The van der Waals surface area contributed by atoms with Crippen LogP contribution < -0.4 is 37.6 Å². The van der Waals surface area contributed by atoms with E-state index in [-0.39, 0.29) is 25.2 Å². The van der Waals surface area contributed by atoms with Crippen molar-refractivity contribution < 1.29 is 38.7 Å². The molecule has 0 fully saturated rings. The lowest BCUT2D eigenvalue weighted by atomic mass is 10.00. The summed E-state index contributed by atoms with van der Waals surface area (Å²) in [7, 11) is 0. The van der Waals surface area contributed by atoms with Gasteiger partial charge >= 0.3 is 5.97 Å². The fourth-order valence-corrected chi connectivity index (χ4v) is 5.24. The highest BCUT2D eigenvalue weighted by atomic mass is 16.4. The van der Waals surface area contributed by atoms with Gasteiger partial charge in [0.25, 0.3) is 0 Å². The van der Waals surface area contributed by atoms with E-state index in [1.807, 2.05) is 73.7 Å². The fourth-order valence-electron chi connectivity index (χ4n) is 5.24. The van der Waals surface area contributed by atoms with E-state index in [9.17, 15) is 38.7 Å². The lowest BCUT2D eigenvalue weighted by molar-refractivity contribution is -0.142. The number of nitrogens with one attached hydrogen (secondary N) is 6. The molecule has 0 aliphatic rings. The molecular formula is C39H49N7O8. The number of aryl methyl sites for hydroxylation is 1. The number of carboxylic acids is 1. The summed E-state index contributed by atoms with van der Waals surface area (Å²) in [4.78, 5) is 87.7. The normalized spacial score (nSPS) is 12.3. The Morgan fingerprint density at radius 2 is 1.22 bits per heavy atom. The van der Waals surface area contributed by atoms with E-state index in [4.69, 9.17) is 5.73 Å². The lowest BCUT2D eigenvalue weighted by Gasteiger charge is -2.20. The molecule has 15 nitrogen and oxygen atoms in total. The van der Waals surface area contributed by atoms with Crippen molar-refractivity contribution in [3.8, 4) is 11.1 Å². The van der Waals surface area contributed by atoms with Gasteiger partial charge in [0.05, 0.1) is 19.6 Å². The third-order valence-corrected chi connectivity index (χ3v) is 8.30. The van der Waals surface area contributed by atoms with E-state index in [1.54, 1.807) is 19.1 Å². The fraction of sp³-hybridized carbons (Fsp3) is 0.359. The highest BCUT2D eigenvalue weighted by Crippen LogP contribution is 2.20. The monoisotopic (exact) mass is 743 g/mol. The Morgan fingerprint density at radius 3 is 1.85 bits per heavy atom. The van der Waals surface area contributed by atoms with Crippen LogP contribution >= 0.6 is 0 Å². The third-order valence-electron chi connectivity index (χ3n) is 8.30. The standard InChI is InChI=1S/C39H49N7O8/c1-25-11-17-30(18-12-25)44-33(47)20-26(2)37(51)42-24-36(50)46-32(21-27-13-15-29(16-14-27)28-8-4-3-5-9-28)38(52)43-22-34(48)41-23-35(49)45-31(39(53)54)10-6-7-19-40/h3-5,8-9,11-18,26,31-32H,6-7,10,19-24,40H2,1-2H3,(H,41,48)(H,42,51)(H,43,52)(H,44,47)(H,45,49)(H,46,50)(H,53,54)/t26-,31+,32+/m1/s1. The zero-order valence-corrected chi connectivity index (χ0v) is 30.5. The molecular weight excluding hydrogens is 694 g/mol. The van der Waals surface area contributed by atoms with Crippen molar-refractivity contribution in [2.75, 3.05) is 31.5 Å². The summed E-state index contributed by atoms with van der Waals surface area (Å²) in [5.41, 5.74) is 9.71. The number of aliphatic carboxylic acids is 1. The second-order valence-electron chi connectivity index (χ2n) is 12.9. The zero-order valence-electron chi connectivity index (χ0n) is 30.5. The maximum absolute atomic E-state index is 13.3. The molecule has 0 heterocycles. The molecule has 288 valence electrons. The van der Waals surface area contributed by atoms with Crippen LogP contribution in [0.5, 0.6) is 0 Å². The van der Waals surface area contributed by atoms with E-state index < -0.39 is 73.1 Å². The van der Waals surface area contributed by atoms with Crippen molar-refractivity contribution in [1.82, 2.24) is 26.6 Å². The molecule has 15 heteroatoms.